The van der Waals surface area contributed by atoms with E-state index in [2.05, 4.69) is 20.9 Å². The number of hydrogen-bond donors (Lipinski definition) is 3. The van der Waals surface area contributed by atoms with Gasteiger partial charge in [-0.25, -0.2) is 14.2 Å². The van der Waals surface area contributed by atoms with Gasteiger partial charge in [-0.05, 0) is 42.0 Å². The predicted molar refractivity (Wildman–Crippen MR) is 101 cm³/mol. The van der Waals surface area contributed by atoms with Crippen LogP contribution in [-0.4, -0.2) is 16.9 Å². The molecule has 0 spiro atoms. The summed E-state index contributed by atoms with van der Waals surface area (Å²) >= 11 is 0. The molecule has 1 heterocycles. The standard InChI is InChI=1S/C20H17FN4O2/c21-15-10-8-14(9-11-15)13-23-19(26)17-7-4-12-22-18(17)25-20(27)24-16-5-2-1-3-6-16/h1-12H,13H2,(H,23,26)(H2,22,24,25,27). The molecule has 0 saturated carbocycles. The molecule has 0 radical (unpaired) electrons. The lowest BCUT2D eigenvalue weighted by molar-refractivity contribution is 0.0951. The second-order valence-electron chi connectivity index (χ2n) is 5.65. The number of carbonyl (C=O) groups is 2. The molecule has 3 rings (SSSR count). The normalized spacial score (nSPS) is 10.1. The number of aromatic nitrogens is 1. The Morgan fingerprint density at radius 2 is 1.63 bits per heavy atom. The SMILES string of the molecule is O=C(Nc1ccccc1)Nc1ncccc1C(=O)NCc1ccc(F)cc1. The lowest BCUT2D eigenvalue weighted by atomic mass is 10.2. The molecule has 3 amide bonds. The number of anilines is 2. The Morgan fingerprint density at radius 1 is 0.889 bits per heavy atom. The number of halogens is 1. The highest BCUT2D eigenvalue weighted by Gasteiger charge is 2.14. The van der Waals surface area contributed by atoms with Gasteiger partial charge in [0.05, 0.1) is 5.56 Å². The summed E-state index contributed by atoms with van der Waals surface area (Å²) in [6.45, 7) is 0.226. The first-order chi connectivity index (χ1) is 13.1. The Kier molecular flexibility index (Phi) is 5.73. The first kappa shape index (κ1) is 18.1. The largest absolute Gasteiger partial charge is 0.348 e. The molecule has 0 saturated heterocycles. The quantitative estimate of drug-likeness (QED) is 0.644. The average molecular weight is 364 g/mol. The van der Waals surface area contributed by atoms with Crippen LogP contribution in [0.4, 0.5) is 20.7 Å². The number of benzene rings is 2. The number of pyridine rings is 1. The van der Waals surface area contributed by atoms with E-state index in [0.717, 1.165) is 5.56 Å². The third kappa shape index (κ3) is 5.12. The molecular weight excluding hydrogens is 347 g/mol. The minimum absolute atomic E-state index is 0.141. The Hall–Kier alpha value is -3.74. The number of para-hydroxylation sites is 1. The van der Waals surface area contributed by atoms with E-state index in [1.807, 2.05) is 6.07 Å². The van der Waals surface area contributed by atoms with Gasteiger partial charge in [0.2, 0.25) is 0 Å². The van der Waals surface area contributed by atoms with Crippen molar-refractivity contribution in [2.45, 2.75) is 6.54 Å². The Labute approximate surface area is 155 Å². The fraction of sp³-hybridized carbons (Fsp3) is 0.0500. The molecule has 1 aromatic heterocycles. The molecule has 3 aromatic rings. The van der Waals surface area contributed by atoms with Gasteiger partial charge < -0.3 is 10.6 Å². The van der Waals surface area contributed by atoms with Crippen LogP contribution >= 0.6 is 0 Å². The van der Waals surface area contributed by atoms with Crippen LogP contribution in [0.15, 0.2) is 72.9 Å². The molecule has 7 heteroatoms. The van der Waals surface area contributed by atoms with Crippen molar-refractivity contribution in [2.24, 2.45) is 0 Å². The van der Waals surface area contributed by atoms with Crippen LogP contribution in [0.5, 0.6) is 0 Å². The molecule has 27 heavy (non-hydrogen) atoms. The van der Waals surface area contributed by atoms with E-state index in [9.17, 15) is 14.0 Å². The molecule has 0 atom stereocenters. The van der Waals surface area contributed by atoms with Crippen molar-refractivity contribution < 1.29 is 14.0 Å². The van der Waals surface area contributed by atoms with E-state index in [-0.39, 0.29) is 23.7 Å². The average Bonchev–Trinajstić information content (AvgIpc) is 2.68. The van der Waals surface area contributed by atoms with Crippen LogP contribution in [0.3, 0.4) is 0 Å². The predicted octanol–water partition coefficient (Wildman–Crippen LogP) is 3.79. The van der Waals surface area contributed by atoms with Crippen LogP contribution in [0.1, 0.15) is 15.9 Å². The number of nitrogens with zero attached hydrogens (tertiary/aromatic N) is 1. The molecule has 0 aliphatic rings. The zero-order valence-electron chi connectivity index (χ0n) is 14.3. The number of amides is 3. The van der Waals surface area contributed by atoms with Crippen LogP contribution in [0, 0.1) is 5.82 Å². The summed E-state index contributed by atoms with van der Waals surface area (Å²) < 4.78 is 12.9. The lowest BCUT2D eigenvalue weighted by Gasteiger charge is -2.11. The first-order valence-electron chi connectivity index (χ1n) is 8.22. The minimum atomic E-state index is -0.507. The van der Waals surface area contributed by atoms with Crippen molar-refractivity contribution in [1.29, 1.82) is 0 Å². The van der Waals surface area contributed by atoms with Gasteiger partial charge in [-0.1, -0.05) is 30.3 Å². The zero-order valence-corrected chi connectivity index (χ0v) is 14.3. The summed E-state index contributed by atoms with van der Waals surface area (Å²) in [5.41, 5.74) is 1.60. The summed E-state index contributed by atoms with van der Waals surface area (Å²) in [7, 11) is 0. The highest BCUT2D eigenvalue weighted by Crippen LogP contribution is 2.13. The number of urea groups is 1. The summed E-state index contributed by atoms with van der Waals surface area (Å²) in [5, 5.41) is 7.96. The summed E-state index contributed by atoms with van der Waals surface area (Å²) in [6.07, 6.45) is 1.48. The van der Waals surface area contributed by atoms with Crippen LogP contribution in [0.2, 0.25) is 0 Å². The summed E-state index contributed by atoms with van der Waals surface area (Å²) in [6, 6.07) is 17.4. The molecule has 0 bridgehead atoms. The number of carbonyl (C=O) groups excluding carboxylic acids is 2. The molecule has 0 fully saturated rings. The molecule has 3 N–H and O–H groups in total. The molecule has 2 aromatic carbocycles. The monoisotopic (exact) mass is 364 g/mol. The molecule has 6 nitrogen and oxygen atoms in total. The van der Waals surface area contributed by atoms with E-state index < -0.39 is 11.9 Å². The third-order valence-corrected chi connectivity index (χ3v) is 3.68. The van der Waals surface area contributed by atoms with E-state index in [1.54, 1.807) is 48.5 Å². The molecule has 0 unspecified atom stereocenters. The van der Waals surface area contributed by atoms with Gasteiger partial charge >= 0.3 is 6.03 Å². The Morgan fingerprint density at radius 3 is 2.37 bits per heavy atom. The number of nitrogens with one attached hydrogen (secondary N) is 3. The molecule has 136 valence electrons. The van der Waals surface area contributed by atoms with Crippen LogP contribution < -0.4 is 16.0 Å². The van der Waals surface area contributed by atoms with Gasteiger partial charge in [0.1, 0.15) is 11.6 Å². The van der Waals surface area contributed by atoms with Crippen molar-refractivity contribution in [1.82, 2.24) is 10.3 Å². The molecule has 0 aliphatic heterocycles. The lowest BCUT2D eigenvalue weighted by Crippen LogP contribution is -2.26. The Bertz CT molecular complexity index is 930. The van der Waals surface area contributed by atoms with Gasteiger partial charge in [0, 0.05) is 18.4 Å². The highest BCUT2D eigenvalue weighted by molar-refractivity contribution is 6.05. The van der Waals surface area contributed by atoms with Gasteiger partial charge in [0.15, 0.2) is 0 Å². The van der Waals surface area contributed by atoms with E-state index >= 15 is 0 Å². The smallest absolute Gasteiger partial charge is 0.324 e. The maximum Gasteiger partial charge on any atom is 0.324 e. The van der Waals surface area contributed by atoms with Crippen molar-refractivity contribution in [3.05, 3.63) is 89.9 Å². The maximum absolute atomic E-state index is 12.9. The second kappa shape index (κ2) is 8.57. The van der Waals surface area contributed by atoms with Gasteiger partial charge in [0.25, 0.3) is 5.91 Å². The maximum atomic E-state index is 12.9. The van der Waals surface area contributed by atoms with Crippen molar-refractivity contribution in [3.63, 3.8) is 0 Å². The van der Waals surface area contributed by atoms with Crippen molar-refractivity contribution >= 4 is 23.4 Å². The second-order valence-corrected chi connectivity index (χ2v) is 5.65. The minimum Gasteiger partial charge on any atom is -0.348 e. The first-order valence-corrected chi connectivity index (χ1v) is 8.22. The fourth-order valence-electron chi connectivity index (χ4n) is 2.36. The van der Waals surface area contributed by atoms with E-state index in [0.29, 0.717) is 5.69 Å². The van der Waals surface area contributed by atoms with E-state index in [1.165, 1.54) is 18.3 Å². The summed E-state index contributed by atoms with van der Waals surface area (Å²) in [4.78, 5) is 28.7. The Balaban J connectivity index is 1.64. The number of hydrogen-bond acceptors (Lipinski definition) is 3. The topological polar surface area (TPSA) is 83.1 Å². The molecular formula is C20H17FN4O2. The summed E-state index contributed by atoms with van der Waals surface area (Å²) in [5.74, 6) is -0.599. The van der Waals surface area contributed by atoms with Crippen LogP contribution in [-0.2, 0) is 6.54 Å². The molecule has 0 aliphatic carbocycles. The van der Waals surface area contributed by atoms with Crippen molar-refractivity contribution in [2.75, 3.05) is 10.6 Å². The van der Waals surface area contributed by atoms with Crippen LogP contribution in [0.25, 0.3) is 0 Å². The fourth-order valence-corrected chi connectivity index (χ4v) is 2.36. The number of rotatable bonds is 5. The van der Waals surface area contributed by atoms with Gasteiger partial charge in [-0.3, -0.25) is 10.1 Å². The van der Waals surface area contributed by atoms with Gasteiger partial charge in [-0.15, -0.1) is 0 Å². The van der Waals surface area contributed by atoms with Gasteiger partial charge in [-0.2, -0.15) is 0 Å². The van der Waals surface area contributed by atoms with E-state index in [4.69, 9.17) is 0 Å². The van der Waals surface area contributed by atoms with Crippen molar-refractivity contribution in [3.8, 4) is 0 Å². The zero-order chi connectivity index (χ0) is 19.1. The third-order valence-electron chi connectivity index (χ3n) is 3.68. The highest BCUT2D eigenvalue weighted by atomic mass is 19.1.